The summed E-state index contributed by atoms with van der Waals surface area (Å²) in [5.41, 5.74) is 3.80. The maximum absolute atomic E-state index is 13.4. The Morgan fingerprint density at radius 1 is 0.848 bits per heavy atom. The minimum atomic E-state index is -0.283. The molecule has 0 spiro atoms. The molecule has 0 bridgehead atoms. The number of carbonyl (C=O) groups is 2. The van der Waals surface area contributed by atoms with Crippen LogP contribution in [-0.4, -0.2) is 28.2 Å². The summed E-state index contributed by atoms with van der Waals surface area (Å²) >= 11 is 1.52. The highest BCUT2D eigenvalue weighted by atomic mass is 32.1. The van der Waals surface area contributed by atoms with Gasteiger partial charge in [-0.2, -0.15) is 0 Å². The van der Waals surface area contributed by atoms with Gasteiger partial charge in [0.15, 0.2) is 0 Å². The van der Waals surface area contributed by atoms with Crippen LogP contribution in [0.2, 0.25) is 0 Å². The van der Waals surface area contributed by atoms with Gasteiger partial charge in [0, 0.05) is 35.8 Å². The van der Waals surface area contributed by atoms with Gasteiger partial charge in [-0.25, -0.2) is 4.39 Å². The molecule has 0 atom stereocenters. The van der Waals surface area contributed by atoms with Crippen LogP contribution in [0.25, 0.3) is 21.6 Å². The van der Waals surface area contributed by atoms with Crippen molar-refractivity contribution < 1.29 is 14.0 Å². The number of amides is 2. The monoisotopic (exact) mass is 452 g/mol. The first-order valence-electron chi connectivity index (χ1n) is 10.4. The normalized spacial score (nSPS) is 12.5. The predicted octanol–water partition coefficient (Wildman–Crippen LogP) is 5.65. The minimum Gasteiger partial charge on any atom is -0.273 e. The SMILES string of the molecule is O=C1c2ccccc2C(=O)N1CCC#Cc1cc(-c2ccncc2)c(-c2ccc(F)cc2)s1. The second-order valence-electron chi connectivity index (χ2n) is 7.46. The van der Waals surface area contributed by atoms with Crippen LogP contribution in [0.1, 0.15) is 32.0 Å². The number of halogens is 1. The summed E-state index contributed by atoms with van der Waals surface area (Å²) in [5.74, 6) is 5.43. The van der Waals surface area contributed by atoms with Crippen molar-refractivity contribution in [2.45, 2.75) is 6.42 Å². The number of carbonyl (C=O) groups excluding carboxylic acids is 2. The molecule has 0 fully saturated rings. The molecule has 33 heavy (non-hydrogen) atoms. The molecule has 2 aromatic heterocycles. The molecule has 0 aliphatic carbocycles. The molecular weight excluding hydrogens is 435 g/mol. The Morgan fingerprint density at radius 3 is 2.18 bits per heavy atom. The fraction of sp³-hybridized carbons (Fsp3) is 0.0741. The zero-order chi connectivity index (χ0) is 22.8. The van der Waals surface area contributed by atoms with Crippen LogP contribution in [0.15, 0.2) is 79.1 Å². The Labute approximate surface area is 194 Å². The third kappa shape index (κ3) is 4.07. The van der Waals surface area contributed by atoms with Crippen molar-refractivity contribution in [1.29, 1.82) is 0 Å². The summed E-state index contributed by atoms with van der Waals surface area (Å²) in [5, 5.41) is 0. The number of rotatable bonds is 4. The molecule has 5 rings (SSSR count). The van der Waals surface area contributed by atoms with Crippen LogP contribution >= 0.6 is 11.3 Å². The van der Waals surface area contributed by atoms with Gasteiger partial charge in [0.05, 0.1) is 16.0 Å². The van der Waals surface area contributed by atoms with Crippen molar-refractivity contribution in [3.05, 3.63) is 101 Å². The van der Waals surface area contributed by atoms with E-state index in [2.05, 4.69) is 16.8 Å². The number of nitrogens with zero attached hydrogens (tertiary/aromatic N) is 2. The molecule has 3 heterocycles. The van der Waals surface area contributed by atoms with Gasteiger partial charge in [-0.05, 0) is 53.6 Å². The standard InChI is InChI=1S/C27H17FN2O2S/c28-20-10-8-19(9-11-20)25-24(18-12-14-29-15-13-18)17-21(33-25)5-3-4-16-30-26(31)22-6-1-2-7-23(22)27(30)32/h1-2,6-15,17H,4,16H2. The van der Waals surface area contributed by atoms with Gasteiger partial charge in [-0.15, -0.1) is 11.3 Å². The first-order chi connectivity index (χ1) is 16.1. The molecule has 1 aliphatic rings. The molecule has 6 heteroatoms. The number of thiophene rings is 1. The molecule has 0 saturated heterocycles. The Hall–Kier alpha value is -4.08. The number of benzene rings is 2. The van der Waals surface area contributed by atoms with Crippen molar-refractivity contribution >= 4 is 23.2 Å². The van der Waals surface area contributed by atoms with Crippen LogP contribution < -0.4 is 0 Å². The lowest BCUT2D eigenvalue weighted by Gasteiger charge is -2.10. The highest BCUT2D eigenvalue weighted by Gasteiger charge is 2.34. The van der Waals surface area contributed by atoms with Crippen molar-refractivity contribution in [2.75, 3.05) is 6.54 Å². The van der Waals surface area contributed by atoms with Gasteiger partial charge in [0.2, 0.25) is 0 Å². The number of aromatic nitrogens is 1. The van der Waals surface area contributed by atoms with E-state index in [-0.39, 0.29) is 24.2 Å². The molecule has 2 amide bonds. The van der Waals surface area contributed by atoms with E-state index in [0.29, 0.717) is 17.5 Å². The van der Waals surface area contributed by atoms with E-state index in [1.54, 1.807) is 48.8 Å². The van der Waals surface area contributed by atoms with E-state index in [4.69, 9.17) is 0 Å². The Bertz CT molecular complexity index is 1380. The molecule has 0 unspecified atom stereocenters. The lowest BCUT2D eigenvalue weighted by molar-refractivity contribution is 0.0658. The number of imide groups is 1. The number of fused-ring (bicyclic) bond motifs is 1. The van der Waals surface area contributed by atoms with Gasteiger partial charge < -0.3 is 0 Å². The summed E-state index contributed by atoms with van der Waals surface area (Å²) < 4.78 is 13.4. The molecule has 1 aliphatic heterocycles. The molecule has 4 nitrogen and oxygen atoms in total. The first kappa shape index (κ1) is 20.8. The van der Waals surface area contributed by atoms with E-state index in [1.165, 1.54) is 28.4 Å². The minimum absolute atomic E-state index is 0.243. The van der Waals surface area contributed by atoms with Gasteiger partial charge in [0.25, 0.3) is 11.8 Å². The zero-order valence-electron chi connectivity index (χ0n) is 17.4. The van der Waals surface area contributed by atoms with Crippen molar-refractivity contribution in [3.8, 4) is 33.4 Å². The molecule has 2 aromatic carbocycles. The highest BCUT2D eigenvalue weighted by Crippen LogP contribution is 2.39. The van der Waals surface area contributed by atoms with Gasteiger partial charge in [-0.1, -0.05) is 36.1 Å². The topological polar surface area (TPSA) is 50.3 Å². The molecule has 0 N–H and O–H groups in total. The van der Waals surface area contributed by atoms with E-state index in [1.807, 2.05) is 18.2 Å². The summed E-state index contributed by atoms with van der Waals surface area (Å²) in [6.07, 6.45) is 3.84. The number of hydrogen-bond donors (Lipinski definition) is 0. The summed E-state index contributed by atoms with van der Waals surface area (Å²) in [4.78, 5) is 32.1. The first-order valence-corrected chi connectivity index (χ1v) is 11.2. The highest BCUT2D eigenvalue weighted by molar-refractivity contribution is 7.16. The van der Waals surface area contributed by atoms with Crippen LogP contribution in [0.4, 0.5) is 4.39 Å². The average molecular weight is 453 g/mol. The maximum Gasteiger partial charge on any atom is 0.261 e. The molecule has 4 aromatic rings. The molecule has 160 valence electrons. The smallest absolute Gasteiger partial charge is 0.261 e. The Kier molecular flexibility index (Phi) is 5.55. The van der Waals surface area contributed by atoms with Gasteiger partial charge in [-0.3, -0.25) is 19.5 Å². The predicted molar refractivity (Wildman–Crippen MR) is 126 cm³/mol. The molecular formula is C27H17FN2O2S. The lowest BCUT2D eigenvalue weighted by Crippen LogP contribution is -2.30. The number of hydrogen-bond acceptors (Lipinski definition) is 4. The van der Waals surface area contributed by atoms with E-state index in [0.717, 1.165) is 26.4 Å². The molecule has 0 radical (unpaired) electrons. The number of pyridine rings is 1. The second-order valence-corrected chi connectivity index (χ2v) is 8.51. The van der Waals surface area contributed by atoms with E-state index < -0.39 is 0 Å². The van der Waals surface area contributed by atoms with Gasteiger partial charge in [0.1, 0.15) is 5.82 Å². The van der Waals surface area contributed by atoms with E-state index in [9.17, 15) is 14.0 Å². The maximum atomic E-state index is 13.4. The molecule has 0 saturated carbocycles. The summed E-state index contributed by atoms with van der Waals surface area (Å²) in [7, 11) is 0. The summed E-state index contributed by atoms with van der Waals surface area (Å²) in [6.45, 7) is 0.243. The third-order valence-electron chi connectivity index (χ3n) is 5.38. The Balaban J connectivity index is 1.37. The van der Waals surface area contributed by atoms with Crippen LogP contribution in [0, 0.1) is 17.7 Å². The zero-order valence-corrected chi connectivity index (χ0v) is 18.2. The van der Waals surface area contributed by atoms with Crippen molar-refractivity contribution in [3.63, 3.8) is 0 Å². The largest absolute Gasteiger partial charge is 0.273 e. The quantitative estimate of drug-likeness (QED) is 0.297. The average Bonchev–Trinajstić information content (AvgIpc) is 3.38. The lowest BCUT2D eigenvalue weighted by atomic mass is 10.0. The third-order valence-corrected chi connectivity index (χ3v) is 6.48. The van der Waals surface area contributed by atoms with Crippen LogP contribution in [0.5, 0.6) is 0 Å². The fourth-order valence-electron chi connectivity index (χ4n) is 3.77. The van der Waals surface area contributed by atoms with E-state index >= 15 is 0 Å². The van der Waals surface area contributed by atoms with Gasteiger partial charge >= 0.3 is 0 Å². The Morgan fingerprint density at radius 2 is 1.52 bits per heavy atom. The van der Waals surface area contributed by atoms with Crippen molar-refractivity contribution in [2.24, 2.45) is 0 Å². The second kappa shape index (κ2) is 8.81. The van der Waals surface area contributed by atoms with Crippen LogP contribution in [-0.2, 0) is 0 Å². The fourth-order valence-corrected chi connectivity index (χ4v) is 4.83. The summed E-state index contributed by atoms with van der Waals surface area (Å²) in [6, 6.07) is 19.1. The van der Waals surface area contributed by atoms with Crippen molar-refractivity contribution in [1.82, 2.24) is 9.88 Å². The van der Waals surface area contributed by atoms with Crippen LogP contribution in [0.3, 0.4) is 0 Å².